The van der Waals surface area contributed by atoms with Gasteiger partial charge in [0.1, 0.15) is 0 Å². The fourth-order valence-electron chi connectivity index (χ4n) is 2.07. The number of ether oxygens (including phenoxy) is 1. The minimum absolute atomic E-state index is 0.00525. The number of carbonyl (C=O) groups is 2. The number of likely N-dealkylation sites (tertiary alicyclic amines) is 1. The smallest absolute Gasteiger partial charge is 0.317 e. The number of carbonyl (C=O) groups excluding carboxylic acids is 1. The lowest BCUT2D eigenvalue weighted by atomic mass is 10.0. The van der Waals surface area contributed by atoms with Crippen molar-refractivity contribution in [1.82, 2.24) is 10.2 Å². The molecule has 0 spiro atoms. The summed E-state index contributed by atoms with van der Waals surface area (Å²) >= 11 is 0. The summed E-state index contributed by atoms with van der Waals surface area (Å²) in [7, 11) is 0. The Kier molecular flexibility index (Phi) is 6.74. The molecular weight excluding hydrogens is 264 g/mol. The highest BCUT2D eigenvalue weighted by molar-refractivity contribution is 5.76. The molecule has 2 atom stereocenters. The number of carboxylic acids is 1. The van der Waals surface area contributed by atoms with Crippen LogP contribution in [0.2, 0.25) is 0 Å². The summed E-state index contributed by atoms with van der Waals surface area (Å²) in [5.41, 5.74) is 0. The molecule has 7 nitrogen and oxygen atoms in total. The van der Waals surface area contributed by atoms with Gasteiger partial charge in [-0.25, -0.2) is 4.79 Å². The lowest BCUT2D eigenvalue weighted by Crippen LogP contribution is -2.50. The number of rotatable bonds is 6. The number of aliphatic carboxylic acids is 1. The summed E-state index contributed by atoms with van der Waals surface area (Å²) in [6, 6.07) is -0.644. The molecule has 1 heterocycles. The van der Waals surface area contributed by atoms with Gasteiger partial charge in [0, 0.05) is 19.1 Å². The number of hydrogen-bond acceptors (Lipinski definition) is 4. The molecule has 1 aliphatic rings. The zero-order chi connectivity index (χ0) is 15.1. The summed E-state index contributed by atoms with van der Waals surface area (Å²) < 4.78 is 5.42. The van der Waals surface area contributed by atoms with Crippen LogP contribution in [0.5, 0.6) is 0 Å². The largest absolute Gasteiger partial charge is 0.481 e. The van der Waals surface area contributed by atoms with Crippen LogP contribution in [0.15, 0.2) is 0 Å². The van der Waals surface area contributed by atoms with Gasteiger partial charge < -0.3 is 25.2 Å². The van der Waals surface area contributed by atoms with Gasteiger partial charge in [0.05, 0.1) is 25.2 Å². The molecule has 0 aromatic rings. The van der Waals surface area contributed by atoms with Gasteiger partial charge in [-0.15, -0.1) is 0 Å². The second kappa shape index (κ2) is 8.06. The van der Waals surface area contributed by atoms with E-state index in [9.17, 15) is 9.59 Å². The van der Waals surface area contributed by atoms with Gasteiger partial charge in [-0.2, -0.15) is 0 Å². The number of carboxylic acid groups (broad SMARTS) is 1. The summed E-state index contributed by atoms with van der Waals surface area (Å²) in [6.45, 7) is 4.75. The van der Waals surface area contributed by atoms with Crippen molar-refractivity contribution >= 4 is 12.0 Å². The topological polar surface area (TPSA) is 99.1 Å². The first-order chi connectivity index (χ1) is 9.45. The van der Waals surface area contributed by atoms with Gasteiger partial charge in [-0.3, -0.25) is 4.79 Å². The van der Waals surface area contributed by atoms with E-state index in [1.165, 1.54) is 0 Å². The number of piperidine rings is 1. The predicted molar refractivity (Wildman–Crippen MR) is 72.4 cm³/mol. The van der Waals surface area contributed by atoms with Crippen molar-refractivity contribution in [1.29, 1.82) is 0 Å². The fraction of sp³-hybridized carbons (Fsp3) is 0.846. The third kappa shape index (κ3) is 4.97. The second-order valence-electron chi connectivity index (χ2n) is 5.15. The van der Waals surface area contributed by atoms with Crippen molar-refractivity contribution in [2.75, 3.05) is 26.3 Å². The molecule has 20 heavy (non-hydrogen) atoms. The van der Waals surface area contributed by atoms with Crippen molar-refractivity contribution in [3.63, 3.8) is 0 Å². The monoisotopic (exact) mass is 288 g/mol. The van der Waals surface area contributed by atoms with Crippen molar-refractivity contribution in [2.45, 2.75) is 38.8 Å². The van der Waals surface area contributed by atoms with Crippen molar-refractivity contribution in [3.8, 4) is 0 Å². The molecule has 116 valence electrons. The van der Waals surface area contributed by atoms with E-state index in [1.807, 2.05) is 0 Å². The molecular formula is C13H24N2O5. The van der Waals surface area contributed by atoms with Crippen LogP contribution in [0.25, 0.3) is 0 Å². The number of amides is 2. The summed E-state index contributed by atoms with van der Waals surface area (Å²) in [6.07, 6.45) is 1.55. The Morgan fingerprint density at radius 1 is 1.35 bits per heavy atom. The van der Waals surface area contributed by atoms with E-state index in [2.05, 4.69) is 5.32 Å². The minimum atomic E-state index is -0.922. The van der Waals surface area contributed by atoms with Crippen molar-refractivity contribution in [2.24, 2.45) is 5.92 Å². The standard InChI is InChI=1S/C13H24N2O5/c1-9(12(17)18)10(2)14-13(19)15-5-3-11(4-6-15)20-8-7-16/h9-11,16H,3-8H2,1-2H3,(H,14,19)(H,17,18). The van der Waals surface area contributed by atoms with Crippen molar-refractivity contribution in [3.05, 3.63) is 0 Å². The van der Waals surface area contributed by atoms with E-state index in [4.69, 9.17) is 14.9 Å². The summed E-state index contributed by atoms with van der Waals surface area (Å²) in [4.78, 5) is 24.5. The summed E-state index contributed by atoms with van der Waals surface area (Å²) in [5, 5.41) is 20.3. The third-order valence-corrected chi connectivity index (χ3v) is 3.66. The van der Waals surface area contributed by atoms with Gasteiger partial charge in [-0.05, 0) is 26.7 Å². The number of aliphatic hydroxyl groups excluding tert-OH is 1. The van der Waals surface area contributed by atoms with E-state index in [0.29, 0.717) is 19.7 Å². The number of nitrogens with one attached hydrogen (secondary N) is 1. The maximum absolute atomic E-state index is 12.0. The highest BCUT2D eigenvalue weighted by Gasteiger charge is 2.26. The molecule has 1 saturated heterocycles. The van der Waals surface area contributed by atoms with E-state index < -0.39 is 17.9 Å². The molecule has 0 aromatic carbocycles. The van der Waals surface area contributed by atoms with Crippen LogP contribution in [-0.4, -0.2) is 65.6 Å². The van der Waals surface area contributed by atoms with Crippen LogP contribution in [0.4, 0.5) is 4.79 Å². The van der Waals surface area contributed by atoms with Gasteiger partial charge in [0.2, 0.25) is 0 Å². The lowest BCUT2D eigenvalue weighted by molar-refractivity contribution is -0.141. The minimum Gasteiger partial charge on any atom is -0.481 e. The fourth-order valence-corrected chi connectivity index (χ4v) is 2.07. The zero-order valence-electron chi connectivity index (χ0n) is 12.0. The van der Waals surface area contributed by atoms with E-state index in [0.717, 1.165) is 12.8 Å². The Morgan fingerprint density at radius 3 is 2.45 bits per heavy atom. The van der Waals surface area contributed by atoms with Crippen LogP contribution in [0, 0.1) is 5.92 Å². The average molecular weight is 288 g/mol. The number of hydrogen-bond donors (Lipinski definition) is 3. The highest BCUT2D eigenvalue weighted by atomic mass is 16.5. The van der Waals surface area contributed by atoms with E-state index in [1.54, 1.807) is 18.7 Å². The zero-order valence-corrected chi connectivity index (χ0v) is 12.0. The highest BCUT2D eigenvalue weighted by Crippen LogP contribution is 2.14. The Hall–Kier alpha value is -1.34. The first kappa shape index (κ1) is 16.7. The van der Waals surface area contributed by atoms with Gasteiger partial charge >= 0.3 is 12.0 Å². The molecule has 1 rings (SSSR count). The van der Waals surface area contributed by atoms with Crippen LogP contribution >= 0.6 is 0 Å². The molecule has 2 unspecified atom stereocenters. The molecule has 1 aliphatic heterocycles. The normalized spacial score (nSPS) is 19.4. The first-order valence-corrected chi connectivity index (χ1v) is 6.96. The molecule has 0 aromatic heterocycles. The van der Waals surface area contributed by atoms with Gasteiger partial charge in [0.15, 0.2) is 0 Å². The Balaban J connectivity index is 2.34. The number of aliphatic hydroxyl groups is 1. The summed E-state index contributed by atoms with van der Waals surface area (Å²) in [5.74, 6) is -1.54. The molecule has 0 radical (unpaired) electrons. The van der Waals surface area contributed by atoms with Crippen molar-refractivity contribution < 1.29 is 24.5 Å². The molecule has 2 amide bonds. The van der Waals surface area contributed by atoms with Crippen LogP contribution in [0.1, 0.15) is 26.7 Å². The van der Waals surface area contributed by atoms with Gasteiger partial charge in [0.25, 0.3) is 0 Å². The number of urea groups is 1. The first-order valence-electron chi connectivity index (χ1n) is 6.96. The molecule has 0 saturated carbocycles. The maximum Gasteiger partial charge on any atom is 0.317 e. The lowest BCUT2D eigenvalue weighted by Gasteiger charge is -2.33. The molecule has 1 fully saturated rings. The van der Waals surface area contributed by atoms with Crippen LogP contribution in [-0.2, 0) is 9.53 Å². The maximum atomic E-state index is 12.0. The average Bonchev–Trinajstić information content (AvgIpc) is 2.44. The van der Waals surface area contributed by atoms with Crippen LogP contribution < -0.4 is 5.32 Å². The third-order valence-electron chi connectivity index (χ3n) is 3.66. The second-order valence-corrected chi connectivity index (χ2v) is 5.15. The molecule has 0 bridgehead atoms. The van der Waals surface area contributed by atoms with Gasteiger partial charge in [-0.1, -0.05) is 0 Å². The van der Waals surface area contributed by atoms with E-state index in [-0.39, 0.29) is 18.7 Å². The van der Waals surface area contributed by atoms with Crippen LogP contribution in [0.3, 0.4) is 0 Å². The quantitative estimate of drug-likeness (QED) is 0.652. The molecule has 0 aliphatic carbocycles. The molecule has 7 heteroatoms. The Bertz CT molecular complexity index is 329. The number of nitrogens with zero attached hydrogens (tertiary/aromatic N) is 1. The predicted octanol–water partition coefficient (Wildman–Crippen LogP) is 0.279. The molecule has 3 N–H and O–H groups in total. The Morgan fingerprint density at radius 2 is 1.95 bits per heavy atom. The Labute approximate surface area is 118 Å². The van der Waals surface area contributed by atoms with E-state index >= 15 is 0 Å². The SMILES string of the molecule is CC(NC(=O)N1CCC(OCCO)CC1)C(C)C(=O)O.